The minimum atomic E-state index is -0.290. The van der Waals surface area contributed by atoms with Crippen molar-refractivity contribution in [1.29, 1.82) is 0 Å². The average molecular weight is 388 g/mol. The number of amides is 2. The number of fused-ring (bicyclic) bond motifs is 2. The zero-order chi connectivity index (χ0) is 20.4. The van der Waals surface area contributed by atoms with Gasteiger partial charge in [-0.25, -0.2) is 0 Å². The van der Waals surface area contributed by atoms with Gasteiger partial charge in [0.1, 0.15) is 11.5 Å². The maximum absolute atomic E-state index is 13.1. The number of benzene rings is 3. The maximum Gasteiger partial charge on any atom is 0.262 e. The summed E-state index contributed by atoms with van der Waals surface area (Å²) in [5.74, 6) is 1.21. The smallest absolute Gasteiger partial charge is 0.262 e. The first-order valence-corrected chi connectivity index (χ1v) is 9.29. The first kappa shape index (κ1) is 18.6. The van der Waals surface area contributed by atoms with E-state index in [0.717, 1.165) is 5.69 Å². The molecule has 0 fully saturated rings. The summed E-state index contributed by atoms with van der Waals surface area (Å²) < 4.78 is 11.2. The van der Waals surface area contributed by atoms with Gasteiger partial charge in [-0.1, -0.05) is 18.2 Å². The number of carbonyl (C=O) groups is 2. The molecule has 1 aliphatic rings. The van der Waals surface area contributed by atoms with Crippen molar-refractivity contribution in [1.82, 2.24) is 0 Å². The summed E-state index contributed by atoms with van der Waals surface area (Å²) in [5, 5.41) is 2.83. The molecule has 0 radical (unpaired) electrons. The van der Waals surface area contributed by atoms with E-state index in [1.807, 2.05) is 31.2 Å². The average Bonchev–Trinajstić information content (AvgIpc) is 2.87. The summed E-state index contributed by atoms with van der Waals surface area (Å²) in [6, 6.07) is 19.4. The zero-order valence-electron chi connectivity index (χ0n) is 16.1. The molecule has 0 saturated carbocycles. The predicted molar refractivity (Wildman–Crippen MR) is 111 cm³/mol. The highest BCUT2D eigenvalue weighted by molar-refractivity contribution is 6.11. The van der Waals surface area contributed by atoms with Crippen LogP contribution in [0.4, 0.5) is 11.4 Å². The molecular weight excluding hydrogens is 368 g/mol. The number of anilines is 2. The van der Waals surface area contributed by atoms with Gasteiger partial charge in [0.25, 0.3) is 11.8 Å². The summed E-state index contributed by atoms with van der Waals surface area (Å²) in [6.07, 6.45) is 0. The second-order valence-corrected chi connectivity index (χ2v) is 6.52. The number of hydrogen-bond donors (Lipinski definition) is 1. The molecule has 6 heteroatoms. The third kappa shape index (κ3) is 3.52. The fourth-order valence-electron chi connectivity index (χ4n) is 3.29. The molecule has 6 nitrogen and oxygen atoms in total. The topological polar surface area (TPSA) is 67.9 Å². The monoisotopic (exact) mass is 388 g/mol. The number of ether oxygens (including phenoxy) is 2. The fourth-order valence-corrected chi connectivity index (χ4v) is 3.29. The van der Waals surface area contributed by atoms with Gasteiger partial charge in [-0.05, 0) is 55.5 Å². The van der Waals surface area contributed by atoms with Crippen molar-refractivity contribution in [3.63, 3.8) is 0 Å². The highest BCUT2D eigenvalue weighted by Gasteiger charge is 2.27. The van der Waals surface area contributed by atoms with Crippen LogP contribution < -0.4 is 19.7 Å². The minimum Gasteiger partial charge on any atom is -0.497 e. The number of para-hydroxylation sites is 2. The number of methoxy groups -OCH3 is 1. The van der Waals surface area contributed by atoms with E-state index in [1.165, 1.54) is 0 Å². The first-order chi connectivity index (χ1) is 14.1. The number of hydrogen-bond acceptors (Lipinski definition) is 4. The number of rotatable bonds is 4. The molecule has 0 bridgehead atoms. The summed E-state index contributed by atoms with van der Waals surface area (Å²) in [5.41, 5.74) is 2.09. The molecule has 2 amide bonds. The van der Waals surface area contributed by atoms with E-state index in [9.17, 15) is 9.59 Å². The molecule has 29 heavy (non-hydrogen) atoms. The molecule has 0 aliphatic carbocycles. The lowest BCUT2D eigenvalue weighted by atomic mass is 10.1. The molecule has 4 rings (SSSR count). The van der Waals surface area contributed by atoms with Gasteiger partial charge < -0.3 is 19.7 Å². The van der Waals surface area contributed by atoms with Crippen LogP contribution in [0.15, 0.2) is 66.7 Å². The van der Waals surface area contributed by atoms with Gasteiger partial charge >= 0.3 is 0 Å². The van der Waals surface area contributed by atoms with Gasteiger partial charge in [-0.2, -0.15) is 0 Å². The van der Waals surface area contributed by atoms with E-state index >= 15 is 0 Å². The van der Waals surface area contributed by atoms with Crippen LogP contribution in [0, 0.1) is 0 Å². The van der Waals surface area contributed by atoms with Gasteiger partial charge in [0.2, 0.25) is 0 Å². The van der Waals surface area contributed by atoms with E-state index in [-0.39, 0.29) is 11.8 Å². The highest BCUT2D eigenvalue weighted by Crippen LogP contribution is 2.39. The second-order valence-electron chi connectivity index (χ2n) is 6.52. The predicted octanol–water partition coefficient (Wildman–Crippen LogP) is 4.72. The van der Waals surface area contributed by atoms with Gasteiger partial charge in [0.05, 0.1) is 18.4 Å². The summed E-state index contributed by atoms with van der Waals surface area (Å²) in [6.45, 7) is 2.41. The van der Waals surface area contributed by atoms with Gasteiger partial charge in [-0.15, -0.1) is 0 Å². The molecule has 0 spiro atoms. The van der Waals surface area contributed by atoms with Crippen molar-refractivity contribution < 1.29 is 19.1 Å². The zero-order valence-corrected chi connectivity index (χ0v) is 16.1. The minimum absolute atomic E-state index is 0.176. The Labute approximate surface area is 168 Å². The molecule has 3 aromatic carbocycles. The third-order valence-electron chi connectivity index (χ3n) is 4.74. The summed E-state index contributed by atoms with van der Waals surface area (Å²) in [7, 11) is 1.55. The Hall–Kier alpha value is -3.80. The number of carbonyl (C=O) groups excluding carboxylic acids is 2. The van der Waals surface area contributed by atoms with Crippen LogP contribution in [0.2, 0.25) is 0 Å². The van der Waals surface area contributed by atoms with Gasteiger partial charge in [0, 0.05) is 17.8 Å². The van der Waals surface area contributed by atoms with Crippen molar-refractivity contribution in [2.75, 3.05) is 23.9 Å². The van der Waals surface area contributed by atoms with Gasteiger partial charge in [0.15, 0.2) is 5.75 Å². The largest absolute Gasteiger partial charge is 0.497 e. The number of nitrogens with zero attached hydrogens (tertiary/aromatic N) is 1. The van der Waals surface area contributed by atoms with Crippen molar-refractivity contribution in [2.24, 2.45) is 0 Å². The van der Waals surface area contributed by atoms with E-state index in [4.69, 9.17) is 9.47 Å². The SMILES string of the molecule is CCN1C(=O)c2cc(NC(=O)c3cccc(OC)c3)ccc2Oc2ccccc21. The number of nitrogens with one attached hydrogen (secondary N) is 1. The Morgan fingerprint density at radius 1 is 1.03 bits per heavy atom. The van der Waals surface area contributed by atoms with Crippen LogP contribution in [0.1, 0.15) is 27.6 Å². The molecule has 0 aromatic heterocycles. The summed E-state index contributed by atoms with van der Waals surface area (Å²) >= 11 is 0. The second kappa shape index (κ2) is 7.67. The lowest BCUT2D eigenvalue weighted by molar-refractivity contribution is 0.0985. The Balaban J connectivity index is 1.66. The molecule has 1 N–H and O–H groups in total. The Morgan fingerprint density at radius 2 is 1.86 bits per heavy atom. The maximum atomic E-state index is 13.1. The van der Waals surface area contributed by atoms with Crippen LogP contribution >= 0.6 is 0 Å². The van der Waals surface area contributed by atoms with E-state index < -0.39 is 0 Å². The van der Waals surface area contributed by atoms with Crippen molar-refractivity contribution in [3.05, 3.63) is 77.9 Å². The van der Waals surface area contributed by atoms with Gasteiger partial charge in [-0.3, -0.25) is 9.59 Å². The Kier molecular flexibility index (Phi) is 4.91. The first-order valence-electron chi connectivity index (χ1n) is 9.29. The van der Waals surface area contributed by atoms with Crippen molar-refractivity contribution >= 4 is 23.2 Å². The Bertz CT molecular complexity index is 1090. The standard InChI is InChI=1S/C23H20N2O4/c1-3-25-19-9-4-5-10-21(19)29-20-12-11-16(14-18(20)23(25)27)24-22(26)15-7-6-8-17(13-15)28-2/h4-14H,3H2,1-2H3,(H,24,26). The van der Waals surface area contributed by atoms with Crippen LogP contribution in [-0.2, 0) is 0 Å². The quantitative estimate of drug-likeness (QED) is 0.702. The third-order valence-corrected chi connectivity index (χ3v) is 4.74. The van der Waals surface area contributed by atoms with E-state index in [1.54, 1.807) is 54.5 Å². The molecule has 146 valence electrons. The van der Waals surface area contributed by atoms with Crippen molar-refractivity contribution in [2.45, 2.75) is 6.92 Å². The molecule has 0 atom stereocenters. The lowest BCUT2D eigenvalue weighted by Crippen LogP contribution is -2.29. The summed E-state index contributed by atoms with van der Waals surface area (Å²) in [4.78, 5) is 27.4. The normalized spacial score (nSPS) is 12.3. The lowest BCUT2D eigenvalue weighted by Gasteiger charge is -2.19. The molecular formula is C23H20N2O4. The molecule has 3 aromatic rings. The van der Waals surface area contributed by atoms with Crippen molar-refractivity contribution in [3.8, 4) is 17.2 Å². The van der Waals surface area contributed by atoms with Crippen LogP contribution in [0.5, 0.6) is 17.2 Å². The van der Waals surface area contributed by atoms with E-state index in [2.05, 4.69) is 5.32 Å². The van der Waals surface area contributed by atoms with E-state index in [0.29, 0.717) is 40.6 Å². The molecule has 1 heterocycles. The van der Waals surface area contributed by atoms with Crippen LogP contribution in [0.3, 0.4) is 0 Å². The highest BCUT2D eigenvalue weighted by atomic mass is 16.5. The fraction of sp³-hybridized carbons (Fsp3) is 0.130. The molecule has 0 unspecified atom stereocenters. The Morgan fingerprint density at radius 3 is 2.66 bits per heavy atom. The van der Waals surface area contributed by atoms with Crippen LogP contribution in [-0.4, -0.2) is 25.5 Å². The molecule has 0 saturated heterocycles. The molecule has 1 aliphatic heterocycles. The van der Waals surface area contributed by atoms with Crippen LogP contribution in [0.25, 0.3) is 0 Å².